The van der Waals surface area contributed by atoms with Crippen LogP contribution in [0.5, 0.6) is 0 Å². The smallest absolute Gasteiger partial charge is 0.317 e. The summed E-state index contributed by atoms with van der Waals surface area (Å²) in [6, 6.07) is 3.65. The molecule has 0 aliphatic carbocycles. The van der Waals surface area contributed by atoms with Crippen molar-refractivity contribution in [3.63, 3.8) is 0 Å². The lowest BCUT2D eigenvalue weighted by atomic mass is 10.1. The minimum Gasteiger partial charge on any atom is -0.374 e. The van der Waals surface area contributed by atoms with Crippen molar-refractivity contribution in [2.45, 2.75) is 45.6 Å². The van der Waals surface area contributed by atoms with Gasteiger partial charge in [0.1, 0.15) is 0 Å². The van der Waals surface area contributed by atoms with Crippen molar-refractivity contribution >= 4 is 16.1 Å². The first kappa shape index (κ1) is 25.0. The van der Waals surface area contributed by atoms with E-state index in [-0.39, 0.29) is 12.1 Å². The van der Waals surface area contributed by atoms with Crippen molar-refractivity contribution in [1.82, 2.24) is 19.4 Å². The Morgan fingerprint density at radius 2 is 1.72 bits per heavy atom. The van der Waals surface area contributed by atoms with Crippen LogP contribution in [0.15, 0.2) is 17.0 Å². The van der Waals surface area contributed by atoms with Crippen LogP contribution in [0.1, 0.15) is 30.5 Å². The first-order chi connectivity index (χ1) is 15.1. The molecule has 1 atom stereocenters. The van der Waals surface area contributed by atoms with E-state index in [2.05, 4.69) is 24.1 Å². The SMILES string of the molecule is Cc1cc(C)c(S(=O)(=O)N2CCN(C(=O)NC[C@H]3CN(CC(C)C)CCO3)CC2)c(C)c1. The van der Waals surface area contributed by atoms with Crippen LogP contribution in [0.4, 0.5) is 4.79 Å². The highest BCUT2D eigenvalue weighted by molar-refractivity contribution is 7.89. The Bertz CT molecular complexity index is 888. The van der Waals surface area contributed by atoms with Gasteiger partial charge in [-0.25, -0.2) is 13.2 Å². The maximum Gasteiger partial charge on any atom is 0.317 e. The quantitative estimate of drug-likeness (QED) is 0.693. The van der Waals surface area contributed by atoms with Crippen molar-refractivity contribution in [1.29, 1.82) is 0 Å². The molecule has 0 bridgehead atoms. The third-order valence-corrected chi connectivity index (χ3v) is 8.26. The molecule has 2 fully saturated rings. The molecule has 1 N–H and O–H groups in total. The van der Waals surface area contributed by atoms with Gasteiger partial charge in [-0.1, -0.05) is 31.5 Å². The van der Waals surface area contributed by atoms with E-state index in [4.69, 9.17) is 4.74 Å². The molecular weight excluding hydrogens is 428 g/mol. The molecule has 0 radical (unpaired) electrons. The molecule has 2 amide bonds. The number of urea groups is 1. The fraction of sp³-hybridized carbons (Fsp3) is 0.696. The van der Waals surface area contributed by atoms with Crippen LogP contribution in [-0.4, -0.2) is 93.6 Å². The van der Waals surface area contributed by atoms with Gasteiger partial charge in [0.15, 0.2) is 0 Å². The van der Waals surface area contributed by atoms with E-state index >= 15 is 0 Å². The van der Waals surface area contributed by atoms with Gasteiger partial charge in [0, 0.05) is 52.4 Å². The monoisotopic (exact) mass is 466 g/mol. The molecule has 2 aliphatic rings. The molecule has 0 unspecified atom stereocenters. The highest BCUT2D eigenvalue weighted by Gasteiger charge is 2.32. The van der Waals surface area contributed by atoms with Crippen LogP contribution >= 0.6 is 0 Å². The Labute approximate surface area is 192 Å². The number of rotatable bonds is 6. The summed E-state index contributed by atoms with van der Waals surface area (Å²) in [5.74, 6) is 0.600. The van der Waals surface area contributed by atoms with Crippen molar-refractivity contribution in [3.8, 4) is 0 Å². The average Bonchev–Trinajstić information content (AvgIpc) is 2.71. The Kier molecular flexibility index (Phi) is 8.19. The molecule has 0 spiro atoms. The van der Waals surface area contributed by atoms with E-state index in [0.717, 1.165) is 36.3 Å². The third-order valence-electron chi connectivity index (χ3n) is 6.06. The zero-order chi connectivity index (χ0) is 23.5. The van der Waals surface area contributed by atoms with Crippen LogP contribution in [0.25, 0.3) is 0 Å². The van der Waals surface area contributed by atoms with Crippen LogP contribution in [-0.2, 0) is 14.8 Å². The molecule has 0 saturated carbocycles. The topological polar surface area (TPSA) is 82.2 Å². The number of nitrogens with one attached hydrogen (secondary N) is 1. The van der Waals surface area contributed by atoms with E-state index in [1.54, 1.807) is 4.90 Å². The summed E-state index contributed by atoms with van der Waals surface area (Å²) in [7, 11) is -3.59. The number of piperazine rings is 1. The van der Waals surface area contributed by atoms with Gasteiger partial charge >= 0.3 is 6.03 Å². The Hall–Kier alpha value is -1.68. The minimum atomic E-state index is -3.59. The molecule has 2 heterocycles. The van der Waals surface area contributed by atoms with Gasteiger partial charge in [-0.3, -0.25) is 4.90 Å². The highest BCUT2D eigenvalue weighted by Crippen LogP contribution is 2.26. The number of carbonyl (C=O) groups is 1. The Morgan fingerprint density at radius 3 is 2.31 bits per heavy atom. The van der Waals surface area contributed by atoms with Gasteiger partial charge in [-0.05, 0) is 37.8 Å². The Morgan fingerprint density at radius 1 is 1.09 bits per heavy atom. The van der Waals surface area contributed by atoms with E-state index in [0.29, 0.717) is 50.1 Å². The van der Waals surface area contributed by atoms with Gasteiger partial charge in [0.2, 0.25) is 10.0 Å². The molecule has 2 aliphatic heterocycles. The van der Waals surface area contributed by atoms with Gasteiger partial charge in [0.05, 0.1) is 17.6 Å². The summed E-state index contributed by atoms with van der Waals surface area (Å²) in [5, 5.41) is 2.97. The molecule has 2 saturated heterocycles. The molecule has 32 heavy (non-hydrogen) atoms. The number of sulfonamides is 1. The molecular formula is C23H38N4O4S. The predicted octanol–water partition coefficient (Wildman–Crippen LogP) is 1.98. The standard InChI is InChI=1S/C23H38N4O4S/c1-17(2)15-25-10-11-31-21(16-25)14-24-23(28)26-6-8-27(9-7-26)32(29,30)22-19(4)12-18(3)13-20(22)5/h12-13,17,21H,6-11,14-16H2,1-5H3,(H,24,28)/t21-/m0/s1. The first-order valence-corrected chi connectivity index (χ1v) is 13.0. The van der Waals surface area contributed by atoms with Crippen molar-refractivity contribution in [2.24, 2.45) is 5.92 Å². The number of hydrogen-bond acceptors (Lipinski definition) is 5. The zero-order valence-corrected chi connectivity index (χ0v) is 20.9. The number of carbonyl (C=O) groups excluding carboxylic acids is 1. The lowest BCUT2D eigenvalue weighted by molar-refractivity contribution is -0.0294. The van der Waals surface area contributed by atoms with Crippen LogP contribution < -0.4 is 5.32 Å². The van der Waals surface area contributed by atoms with E-state index in [9.17, 15) is 13.2 Å². The Balaban J connectivity index is 1.51. The summed E-state index contributed by atoms with van der Waals surface area (Å²) < 4.78 is 33.8. The molecule has 8 nitrogen and oxygen atoms in total. The lowest BCUT2D eigenvalue weighted by Crippen LogP contribution is -2.55. The fourth-order valence-corrected chi connectivity index (χ4v) is 6.57. The summed E-state index contributed by atoms with van der Waals surface area (Å²) in [6.07, 6.45) is -0.0133. The van der Waals surface area contributed by atoms with Crippen molar-refractivity contribution in [2.75, 3.05) is 59.0 Å². The summed E-state index contributed by atoms with van der Waals surface area (Å²) in [6.45, 7) is 15.3. The van der Waals surface area contributed by atoms with Gasteiger partial charge < -0.3 is 15.0 Å². The second kappa shape index (κ2) is 10.5. The predicted molar refractivity (Wildman–Crippen MR) is 125 cm³/mol. The number of benzene rings is 1. The number of hydrogen-bond donors (Lipinski definition) is 1. The molecule has 9 heteroatoms. The summed E-state index contributed by atoms with van der Waals surface area (Å²) in [5.41, 5.74) is 2.58. The maximum absolute atomic E-state index is 13.2. The van der Waals surface area contributed by atoms with Gasteiger partial charge in [-0.2, -0.15) is 4.31 Å². The van der Waals surface area contributed by atoms with Gasteiger partial charge in [0.25, 0.3) is 0 Å². The second-order valence-electron chi connectivity index (χ2n) is 9.45. The zero-order valence-electron chi connectivity index (χ0n) is 20.1. The molecule has 1 aromatic carbocycles. The van der Waals surface area contributed by atoms with Crippen LogP contribution in [0.3, 0.4) is 0 Å². The number of nitrogens with zero attached hydrogens (tertiary/aromatic N) is 3. The molecule has 1 aromatic rings. The number of amides is 2. The molecule has 3 rings (SSSR count). The van der Waals surface area contributed by atoms with Crippen molar-refractivity contribution in [3.05, 3.63) is 28.8 Å². The second-order valence-corrected chi connectivity index (χ2v) is 11.3. The highest BCUT2D eigenvalue weighted by atomic mass is 32.2. The van der Waals surface area contributed by atoms with E-state index in [1.807, 2.05) is 32.9 Å². The molecule has 180 valence electrons. The van der Waals surface area contributed by atoms with E-state index < -0.39 is 10.0 Å². The van der Waals surface area contributed by atoms with Crippen LogP contribution in [0, 0.1) is 26.7 Å². The van der Waals surface area contributed by atoms with E-state index in [1.165, 1.54) is 4.31 Å². The first-order valence-electron chi connectivity index (χ1n) is 11.5. The lowest BCUT2D eigenvalue weighted by Gasteiger charge is -2.36. The normalized spacial score (nSPS) is 21.2. The molecule has 0 aromatic heterocycles. The number of morpholine rings is 1. The fourth-order valence-electron chi connectivity index (χ4n) is 4.73. The van der Waals surface area contributed by atoms with Crippen LogP contribution in [0.2, 0.25) is 0 Å². The number of aryl methyl sites for hydroxylation is 3. The van der Waals surface area contributed by atoms with Crippen molar-refractivity contribution < 1.29 is 17.9 Å². The maximum atomic E-state index is 13.2. The largest absolute Gasteiger partial charge is 0.374 e. The van der Waals surface area contributed by atoms with Gasteiger partial charge in [-0.15, -0.1) is 0 Å². The number of ether oxygens (including phenoxy) is 1. The third kappa shape index (κ3) is 6.01. The minimum absolute atomic E-state index is 0.0133. The summed E-state index contributed by atoms with van der Waals surface area (Å²) >= 11 is 0. The average molecular weight is 467 g/mol. The summed E-state index contributed by atoms with van der Waals surface area (Å²) in [4.78, 5) is 17.1.